The Labute approximate surface area is 121 Å². The van der Waals surface area contributed by atoms with Gasteiger partial charge in [-0.1, -0.05) is 30.3 Å². The molecule has 1 heterocycles. The Kier molecular flexibility index (Phi) is 3.62. The minimum absolute atomic E-state index is 0.0197. The summed E-state index contributed by atoms with van der Waals surface area (Å²) in [4.78, 5) is 15.6. The van der Waals surface area contributed by atoms with Gasteiger partial charge in [-0.05, 0) is 29.8 Å². The maximum absolute atomic E-state index is 11.2. The summed E-state index contributed by atoms with van der Waals surface area (Å²) in [6.07, 6.45) is 0.733. The maximum Gasteiger partial charge on any atom is 0.230 e. The average Bonchev–Trinajstić information content (AvgIpc) is 2.55. The normalized spacial score (nSPS) is 10.5. The lowest BCUT2D eigenvalue weighted by molar-refractivity contribution is 0.112. The fourth-order valence-corrected chi connectivity index (χ4v) is 2.06. The Morgan fingerprint density at radius 2 is 1.86 bits per heavy atom. The zero-order chi connectivity index (χ0) is 14.7. The largest absolute Gasteiger partial charge is 0.438 e. The number of nitrogens with zero attached hydrogens (tertiary/aromatic N) is 1. The summed E-state index contributed by atoms with van der Waals surface area (Å²) < 4.78 is 5.68. The molecular weight excluding hydrogens is 266 g/mol. The lowest BCUT2D eigenvalue weighted by Gasteiger charge is -2.09. The van der Waals surface area contributed by atoms with E-state index in [0.29, 0.717) is 11.3 Å². The molecule has 0 atom stereocenters. The number of carbonyl (C=O) groups excluding carboxylic acids is 1. The first-order valence-corrected chi connectivity index (χ1v) is 6.53. The number of aldehydes is 1. The third kappa shape index (κ3) is 2.75. The Hall–Kier alpha value is -2.72. The number of rotatable bonds is 4. The van der Waals surface area contributed by atoms with E-state index in [0.717, 1.165) is 22.8 Å². The van der Waals surface area contributed by atoms with Crippen LogP contribution in [0.4, 0.5) is 0 Å². The molecule has 1 aromatic heterocycles. The van der Waals surface area contributed by atoms with E-state index in [1.165, 1.54) is 0 Å². The lowest BCUT2D eigenvalue weighted by Crippen LogP contribution is -1.95. The number of ether oxygens (including phenoxy) is 1. The standard InChI is InChI=1S/C17H13NO3/c19-10-12-5-7-15(8-6-12)21-17-14(11-20)9-13-3-1-2-4-16(13)18-17/h1-9,11,19H,10H2. The van der Waals surface area contributed by atoms with Crippen LogP contribution in [0.15, 0.2) is 54.6 Å². The SMILES string of the molecule is O=Cc1cc2ccccc2nc1Oc1ccc(CO)cc1. The molecule has 1 N–H and O–H groups in total. The smallest absolute Gasteiger partial charge is 0.230 e. The molecule has 0 bridgehead atoms. The number of hydrogen-bond donors (Lipinski definition) is 1. The van der Waals surface area contributed by atoms with Crippen molar-refractivity contribution in [3.05, 3.63) is 65.7 Å². The Bertz CT molecular complexity index is 782. The highest BCUT2D eigenvalue weighted by atomic mass is 16.5. The van der Waals surface area contributed by atoms with Crippen LogP contribution in [0.2, 0.25) is 0 Å². The van der Waals surface area contributed by atoms with Crippen LogP contribution in [0.3, 0.4) is 0 Å². The van der Waals surface area contributed by atoms with Crippen LogP contribution < -0.4 is 4.74 Å². The predicted molar refractivity (Wildman–Crippen MR) is 79.6 cm³/mol. The van der Waals surface area contributed by atoms with Crippen LogP contribution in [-0.4, -0.2) is 16.4 Å². The summed E-state index contributed by atoms with van der Waals surface area (Å²) in [7, 11) is 0. The summed E-state index contributed by atoms with van der Waals surface area (Å²) in [5, 5.41) is 9.91. The van der Waals surface area contributed by atoms with E-state index in [1.54, 1.807) is 30.3 Å². The third-order valence-corrected chi connectivity index (χ3v) is 3.16. The molecule has 0 unspecified atom stereocenters. The number of fused-ring (bicyclic) bond motifs is 1. The van der Waals surface area contributed by atoms with Crippen molar-refractivity contribution in [3.8, 4) is 11.6 Å². The van der Waals surface area contributed by atoms with Crippen molar-refractivity contribution in [2.24, 2.45) is 0 Å². The molecule has 4 heteroatoms. The van der Waals surface area contributed by atoms with Gasteiger partial charge in [-0.15, -0.1) is 0 Å². The highest BCUT2D eigenvalue weighted by Crippen LogP contribution is 2.26. The van der Waals surface area contributed by atoms with Crippen molar-refractivity contribution in [3.63, 3.8) is 0 Å². The Morgan fingerprint density at radius 1 is 1.10 bits per heavy atom. The van der Waals surface area contributed by atoms with E-state index < -0.39 is 0 Å². The second-order valence-electron chi connectivity index (χ2n) is 4.60. The molecule has 0 spiro atoms. The average molecular weight is 279 g/mol. The molecule has 3 rings (SSSR count). The molecule has 0 saturated carbocycles. The number of aromatic nitrogens is 1. The molecular formula is C17H13NO3. The molecule has 0 aliphatic rings. The number of benzene rings is 2. The number of hydrogen-bond acceptors (Lipinski definition) is 4. The zero-order valence-corrected chi connectivity index (χ0v) is 11.2. The molecule has 0 amide bonds. The van der Waals surface area contributed by atoms with Crippen LogP contribution in [0, 0.1) is 0 Å². The van der Waals surface area contributed by atoms with Gasteiger partial charge in [0.2, 0.25) is 5.88 Å². The maximum atomic E-state index is 11.2. The first-order valence-electron chi connectivity index (χ1n) is 6.53. The van der Waals surface area contributed by atoms with Gasteiger partial charge in [-0.3, -0.25) is 4.79 Å². The van der Waals surface area contributed by atoms with E-state index >= 15 is 0 Å². The van der Waals surface area contributed by atoms with Crippen LogP contribution in [-0.2, 0) is 6.61 Å². The summed E-state index contributed by atoms with van der Waals surface area (Å²) in [5.41, 5.74) is 1.97. The molecule has 0 aliphatic carbocycles. The minimum atomic E-state index is -0.0197. The van der Waals surface area contributed by atoms with Gasteiger partial charge in [-0.2, -0.15) is 0 Å². The Morgan fingerprint density at radius 3 is 2.57 bits per heavy atom. The van der Waals surface area contributed by atoms with Crippen molar-refractivity contribution >= 4 is 17.2 Å². The molecule has 4 nitrogen and oxygen atoms in total. The van der Waals surface area contributed by atoms with E-state index in [2.05, 4.69) is 4.98 Å². The zero-order valence-electron chi connectivity index (χ0n) is 11.2. The lowest BCUT2D eigenvalue weighted by atomic mass is 10.1. The first kappa shape index (κ1) is 13.3. The van der Waals surface area contributed by atoms with Gasteiger partial charge in [0.1, 0.15) is 5.75 Å². The summed E-state index contributed by atoms with van der Waals surface area (Å²) in [6, 6.07) is 16.3. The first-order chi connectivity index (χ1) is 10.3. The van der Waals surface area contributed by atoms with Gasteiger partial charge in [0.15, 0.2) is 6.29 Å². The highest BCUT2D eigenvalue weighted by molar-refractivity contribution is 5.88. The fraction of sp³-hybridized carbons (Fsp3) is 0.0588. The molecule has 21 heavy (non-hydrogen) atoms. The molecule has 0 saturated heterocycles. The molecule has 0 radical (unpaired) electrons. The molecule has 104 valence electrons. The van der Waals surface area contributed by atoms with Gasteiger partial charge in [0.05, 0.1) is 17.7 Å². The number of aliphatic hydroxyl groups is 1. The van der Waals surface area contributed by atoms with Crippen molar-refractivity contribution in [2.75, 3.05) is 0 Å². The fourth-order valence-electron chi connectivity index (χ4n) is 2.06. The summed E-state index contributed by atoms with van der Waals surface area (Å²) in [6.45, 7) is -0.0197. The third-order valence-electron chi connectivity index (χ3n) is 3.16. The number of aliphatic hydroxyl groups excluding tert-OH is 1. The van der Waals surface area contributed by atoms with Crippen LogP contribution in [0.25, 0.3) is 10.9 Å². The van der Waals surface area contributed by atoms with Gasteiger partial charge < -0.3 is 9.84 Å². The van der Waals surface area contributed by atoms with Crippen LogP contribution in [0.5, 0.6) is 11.6 Å². The van der Waals surface area contributed by atoms with Gasteiger partial charge in [-0.25, -0.2) is 4.98 Å². The topological polar surface area (TPSA) is 59.4 Å². The molecule has 0 fully saturated rings. The molecule has 3 aromatic rings. The van der Waals surface area contributed by atoms with Gasteiger partial charge >= 0.3 is 0 Å². The van der Waals surface area contributed by atoms with E-state index in [-0.39, 0.29) is 12.5 Å². The monoisotopic (exact) mass is 279 g/mol. The summed E-state index contributed by atoms with van der Waals surface area (Å²) in [5.74, 6) is 0.846. The second kappa shape index (κ2) is 5.73. The van der Waals surface area contributed by atoms with E-state index in [9.17, 15) is 4.79 Å². The van der Waals surface area contributed by atoms with Crippen molar-refractivity contribution in [2.45, 2.75) is 6.61 Å². The molecule has 0 aliphatic heterocycles. The highest BCUT2D eigenvalue weighted by Gasteiger charge is 2.08. The van der Waals surface area contributed by atoms with Crippen LogP contribution in [0.1, 0.15) is 15.9 Å². The molecule has 2 aromatic carbocycles. The number of para-hydroxylation sites is 1. The second-order valence-corrected chi connectivity index (χ2v) is 4.60. The van der Waals surface area contributed by atoms with Crippen molar-refractivity contribution < 1.29 is 14.6 Å². The number of pyridine rings is 1. The summed E-state index contributed by atoms with van der Waals surface area (Å²) >= 11 is 0. The minimum Gasteiger partial charge on any atom is -0.438 e. The van der Waals surface area contributed by atoms with Gasteiger partial charge in [0, 0.05) is 5.39 Å². The van der Waals surface area contributed by atoms with Crippen molar-refractivity contribution in [1.29, 1.82) is 0 Å². The van der Waals surface area contributed by atoms with E-state index in [1.807, 2.05) is 24.3 Å². The van der Waals surface area contributed by atoms with E-state index in [4.69, 9.17) is 9.84 Å². The van der Waals surface area contributed by atoms with Gasteiger partial charge in [0.25, 0.3) is 0 Å². The Balaban J connectivity index is 1.99. The number of carbonyl (C=O) groups is 1. The predicted octanol–water partition coefficient (Wildman–Crippen LogP) is 3.33. The van der Waals surface area contributed by atoms with Crippen LogP contribution >= 0.6 is 0 Å². The quantitative estimate of drug-likeness (QED) is 0.744. The van der Waals surface area contributed by atoms with Crippen molar-refractivity contribution in [1.82, 2.24) is 4.98 Å².